The van der Waals surface area contributed by atoms with E-state index in [1.54, 1.807) is 66.7 Å². The highest BCUT2D eigenvalue weighted by molar-refractivity contribution is 6.30. The van der Waals surface area contributed by atoms with Crippen LogP contribution in [0.4, 0.5) is 0 Å². The summed E-state index contributed by atoms with van der Waals surface area (Å²) >= 11 is 6.03. The number of halogens is 1. The van der Waals surface area contributed by atoms with E-state index < -0.39 is 11.8 Å². The number of benzene rings is 3. The topological polar surface area (TPSA) is 98.2 Å². The fourth-order valence-electron chi connectivity index (χ4n) is 3.14. The SMILES string of the molecule is COc1ccc(Cl)cc1C=NNC(=O)C(=Cc1ccc2c(c1)OCO2)NC(=O)c1ccccc1. The van der Waals surface area contributed by atoms with Gasteiger partial charge in [0.05, 0.1) is 13.3 Å². The molecular weight excluding hydrogens is 458 g/mol. The van der Waals surface area contributed by atoms with E-state index in [1.165, 1.54) is 19.4 Å². The lowest BCUT2D eigenvalue weighted by molar-refractivity contribution is -0.117. The van der Waals surface area contributed by atoms with Crippen LogP contribution >= 0.6 is 11.6 Å². The largest absolute Gasteiger partial charge is 0.496 e. The Morgan fingerprint density at radius 2 is 1.82 bits per heavy atom. The van der Waals surface area contributed by atoms with Crippen molar-refractivity contribution in [1.29, 1.82) is 0 Å². The normalized spacial score (nSPS) is 12.5. The first kappa shape index (κ1) is 22.9. The van der Waals surface area contributed by atoms with E-state index in [1.807, 2.05) is 0 Å². The Balaban J connectivity index is 1.57. The molecule has 0 fully saturated rings. The number of hydrogen-bond donors (Lipinski definition) is 2. The quantitative estimate of drug-likeness (QED) is 0.304. The van der Waals surface area contributed by atoms with Gasteiger partial charge in [-0.1, -0.05) is 35.9 Å². The van der Waals surface area contributed by atoms with Crippen LogP contribution in [0, 0.1) is 0 Å². The molecule has 34 heavy (non-hydrogen) atoms. The van der Waals surface area contributed by atoms with Gasteiger partial charge in [-0.25, -0.2) is 5.43 Å². The number of rotatable bonds is 7. The summed E-state index contributed by atoms with van der Waals surface area (Å²) in [6, 6.07) is 18.8. The summed E-state index contributed by atoms with van der Waals surface area (Å²) in [5, 5.41) is 7.13. The van der Waals surface area contributed by atoms with E-state index in [4.69, 9.17) is 25.8 Å². The number of ether oxygens (including phenoxy) is 3. The highest BCUT2D eigenvalue weighted by atomic mass is 35.5. The summed E-state index contributed by atoms with van der Waals surface area (Å²) in [5.41, 5.74) is 4.02. The van der Waals surface area contributed by atoms with Gasteiger partial charge in [-0.3, -0.25) is 9.59 Å². The van der Waals surface area contributed by atoms with Gasteiger partial charge in [0.15, 0.2) is 11.5 Å². The minimum atomic E-state index is -0.626. The number of nitrogens with one attached hydrogen (secondary N) is 2. The smallest absolute Gasteiger partial charge is 0.287 e. The molecule has 0 saturated heterocycles. The van der Waals surface area contributed by atoms with Gasteiger partial charge >= 0.3 is 0 Å². The van der Waals surface area contributed by atoms with Crippen molar-refractivity contribution in [3.63, 3.8) is 0 Å². The molecule has 4 rings (SSSR count). The molecule has 0 atom stereocenters. The van der Waals surface area contributed by atoms with Gasteiger partial charge in [0.1, 0.15) is 11.4 Å². The Morgan fingerprint density at radius 3 is 2.62 bits per heavy atom. The van der Waals surface area contributed by atoms with Gasteiger partial charge in [0, 0.05) is 16.1 Å². The van der Waals surface area contributed by atoms with Crippen molar-refractivity contribution in [3.8, 4) is 17.2 Å². The van der Waals surface area contributed by atoms with Crippen LogP contribution in [0.1, 0.15) is 21.5 Å². The lowest BCUT2D eigenvalue weighted by atomic mass is 10.1. The van der Waals surface area contributed by atoms with Crippen molar-refractivity contribution in [2.24, 2.45) is 5.10 Å². The zero-order valence-electron chi connectivity index (χ0n) is 18.1. The van der Waals surface area contributed by atoms with Crippen LogP contribution in [-0.2, 0) is 4.79 Å². The van der Waals surface area contributed by atoms with Gasteiger partial charge < -0.3 is 19.5 Å². The average Bonchev–Trinajstić information content (AvgIpc) is 3.32. The van der Waals surface area contributed by atoms with Gasteiger partial charge in [0.25, 0.3) is 11.8 Å². The summed E-state index contributed by atoms with van der Waals surface area (Å²) in [6.45, 7) is 0.127. The number of hydrogen-bond acceptors (Lipinski definition) is 6. The fourth-order valence-corrected chi connectivity index (χ4v) is 3.32. The molecule has 9 heteroatoms. The first-order valence-corrected chi connectivity index (χ1v) is 10.6. The highest BCUT2D eigenvalue weighted by Gasteiger charge is 2.17. The van der Waals surface area contributed by atoms with Crippen LogP contribution in [0.15, 0.2) is 77.5 Å². The highest BCUT2D eigenvalue weighted by Crippen LogP contribution is 2.33. The first-order chi connectivity index (χ1) is 16.5. The number of hydrazone groups is 1. The number of amides is 2. The average molecular weight is 478 g/mol. The van der Waals surface area contributed by atoms with E-state index in [0.29, 0.717) is 39.0 Å². The molecule has 0 saturated carbocycles. The van der Waals surface area contributed by atoms with Crippen LogP contribution in [0.3, 0.4) is 0 Å². The molecule has 2 N–H and O–H groups in total. The number of carbonyl (C=O) groups is 2. The molecule has 0 bridgehead atoms. The zero-order chi connectivity index (χ0) is 23.9. The molecule has 0 aliphatic carbocycles. The molecule has 3 aromatic rings. The predicted molar refractivity (Wildman–Crippen MR) is 128 cm³/mol. The summed E-state index contributed by atoms with van der Waals surface area (Å²) < 4.78 is 16.0. The lowest BCUT2D eigenvalue weighted by Crippen LogP contribution is -2.32. The number of carbonyl (C=O) groups excluding carboxylic acids is 2. The number of fused-ring (bicyclic) bond motifs is 1. The van der Waals surface area contributed by atoms with Gasteiger partial charge in [-0.05, 0) is 54.1 Å². The summed E-state index contributed by atoms with van der Waals surface area (Å²) in [7, 11) is 1.52. The standard InChI is InChI=1S/C25H20ClN3O5/c1-32-21-10-8-19(26)13-18(21)14-27-29-25(31)20(28-24(30)17-5-3-2-4-6-17)11-16-7-9-22-23(12-16)34-15-33-22/h2-14H,15H2,1H3,(H,28,30)(H,29,31). The third-order valence-corrected chi connectivity index (χ3v) is 5.03. The van der Waals surface area contributed by atoms with Crippen molar-refractivity contribution in [1.82, 2.24) is 10.7 Å². The first-order valence-electron chi connectivity index (χ1n) is 10.2. The molecule has 1 aliphatic rings. The summed E-state index contributed by atoms with van der Waals surface area (Å²) in [6.07, 6.45) is 2.92. The van der Waals surface area contributed by atoms with Crippen molar-refractivity contribution < 1.29 is 23.8 Å². The summed E-state index contributed by atoms with van der Waals surface area (Å²) in [5.74, 6) is 0.629. The summed E-state index contributed by atoms with van der Waals surface area (Å²) in [4.78, 5) is 25.6. The number of methoxy groups -OCH3 is 1. The van der Waals surface area contributed by atoms with Gasteiger partial charge in [-0.15, -0.1) is 0 Å². The van der Waals surface area contributed by atoms with Crippen LogP contribution in [0.2, 0.25) is 5.02 Å². The second-order valence-electron chi connectivity index (χ2n) is 7.08. The van der Waals surface area contributed by atoms with Crippen LogP contribution in [-0.4, -0.2) is 31.9 Å². The number of nitrogens with zero attached hydrogens (tertiary/aromatic N) is 1. The monoisotopic (exact) mass is 477 g/mol. The molecule has 1 aliphatic heterocycles. The van der Waals surface area contributed by atoms with E-state index in [-0.39, 0.29) is 12.5 Å². The second kappa shape index (κ2) is 10.5. The Labute approximate surface area is 200 Å². The molecule has 3 aromatic carbocycles. The molecular formula is C25H20ClN3O5. The Kier molecular flexibility index (Phi) is 7.10. The fraction of sp³-hybridized carbons (Fsp3) is 0.0800. The molecule has 0 aromatic heterocycles. The lowest BCUT2D eigenvalue weighted by Gasteiger charge is -2.10. The molecule has 0 spiro atoms. The van der Waals surface area contributed by atoms with Crippen molar-refractivity contribution >= 4 is 35.7 Å². The van der Waals surface area contributed by atoms with Crippen molar-refractivity contribution in [2.75, 3.05) is 13.9 Å². The zero-order valence-corrected chi connectivity index (χ0v) is 18.8. The maximum atomic E-state index is 12.9. The minimum absolute atomic E-state index is 0.0112. The third-order valence-electron chi connectivity index (χ3n) is 4.80. The predicted octanol–water partition coefficient (Wildman–Crippen LogP) is 4.00. The van der Waals surface area contributed by atoms with Crippen LogP contribution in [0.25, 0.3) is 6.08 Å². The van der Waals surface area contributed by atoms with E-state index in [0.717, 1.165) is 0 Å². The molecule has 8 nitrogen and oxygen atoms in total. The van der Waals surface area contributed by atoms with Crippen LogP contribution < -0.4 is 25.0 Å². The van der Waals surface area contributed by atoms with Crippen LogP contribution in [0.5, 0.6) is 17.2 Å². The van der Waals surface area contributed by atoms with Crippen molar-refractivity contribution in [3.05, 3.63) is 94.1 Å². The second-order valence-corrected chi connectivity index (χ2v) is 7.51. The van der Waals surface area contributed by atoms with E-state index >= 15 is 0 Å². The molecule has 2 amide bonds. The van der Waals surface area contributed by atoms with Gasteiger partial charge in [-0.2, -0.15) is 5.10 Å². The molecule has 1 heterocycles. The molecule has 0 radical (unpaired) electrons. The molecule has 172 valence electrons. The van der Waals surface area contributed by atoms with E-state index in [9.17, 15) is 9.59 Å². The maximum absolute atomic E-state index is 12.9. The minimum Gasteiger partial charge on any atom is -0.496 e. The third kappa shape index (κ3) is 5.54. The Morgan fingerprint density at radius 1 is 1.03 bits per heavy atom. The Bertz CT molecular complexity index is 1270. The van der Waals surface area contributed by atoms with E-state index in [2.05, 4.69) is 15.8 Å². The maximum Gasteiger partial charge on any atom is 0.287 e. The van der Waals surface area contributed by atoms with Crippen molar-refractivity contribution in [2.45, 2.75) is 0 Å². The van der Waals surface area contributed by atoms with Gasteiger partial charge in [0.2, 0.25) is 6.79 Å². The Hall–Kier alpha value is -4.30. The molecule has 0 unspecified atom stereocenters.